The molecule has 0 unspecified atom stereocenters. The Labute approximate surface area is 111 Å². The first kappa shape index (κ1) is 13.2. The second-order valence-corrected chi connectivity index (χ2v) is 4.07. The third kappa shape index (κ3) is 3.38. The summed E-state index contributed by atoms with van der Waals surface area (Å²) in [7, 11) is 1.81. The molecule has 1 aromatic carbocycles. The van der Waals surface area contributed by atoms with Crippen LogP contribution < -0.4 is 10.6 Å². The molecule has 6 heteroatoms. The van der Waals surface area contributed by atoms with Gasteiger partial charge in [-0.3, -0.25) is 4.79 Å². The van der Waals surface area contributed by atoms with Crippen molar-refractivity contribution in [2.45, 2.75) is 13.3 Å². The second-order valence-electron chi connectivity index (χ2n) is 4.07. The van der Waals surface area contributed by atoms with E-state index in [9.17, 15) is 4.79 Å². The summed E-state index contributed by atoms with van der Waals surface area (Å²) in [5.41, 5.74) is 1.40. The molecule has 1 aromatic heterocycles. The van der Waals surface area contributed by atoms with Crippen LogP contribution in [-0.4, -0.2) is 29.7 Å². The zero-order valence-corrected chi connectivity index (χ0v) is 10.9. The minimum atomic E-state index is -0.0574. The minimum Gasteiger partial charge on any atom is -0.421 e. The van der Waals surface area contributed by atoms with Gasteiger partial charge in [0, 0.05) is 19.9 Å². The fraction of sp³-hybridized carbons (Fsp3) is 0.308. The number of anilines is 1. The SMILES string of the molecule is CNCCC(=O)Nc1ccccc1-c1nnc(C)o1. The summed E-state index contributed by atoms with van der Waals surface area (Å²) in [5.74, 6) is 0.839. The molecule has 0 saturated carbocycles. The summed E-state index contributed by atoms with van der Waals surface area (Å²) in [6.45, 7) is 2.36. The Morgan fingerprint density at radius 1 is 1.32 bits per heavy atom. The van der Waals surface area contributed by atoms with E-state index in [1.54, 1.807) is 6.92 Å². The number of benzene rings is 1. The highest BCUT2D eigenvalue weighted by molar-refractivity contribution is 5.94. The lowest BCUT2D eigenvalue weighted by molar-refractivity contribution is -0.116. The molecule has 0 aliphatic carbocycles. The lowest BCUT2D eigenvalue weighted by atomic mass is 10.1. The van der Waals surface area contributed by atoms with Crippen LogP contribution in [0.2, 0.25) is 0 Å². The van der Waals surface area contributed by atoms with Crippen molar-refractivity contribution in [2.24, 2.45) is 0 Å². The second kappa shape index (κ2) is 6.10. The number of carbonyl (C=O) groups is 1. The minimum absolute atomic E-state index is 0.0574. The number of nitrogens with zero attached hydrogens (tertiary/aromatic N) is 2. The molecule has 0 aliphatic rings. The van der Waals surface area contributed by atoms with Crippen molar-refractivity contribution < 1.29 is 9.21 Å². The smallest absolute Gasteiger partial charge is 0.249 e. The zero-order chi connectivity index (χ0) is 13.7. The van der Waals surface area contributed by atoms with Crippen LogP contribution in [0.25, 0.3) is 11.5 Å². The van der Waals surface area contributed by atoms with Crippen LogP contribution in [0.15, 0.2) is 28.7 Å². The largest absolute Gasteiger partial charge is 0.421 e. The normalized spacial score (nSPS) is 10.4. The predicted molar refractivity (Wildman–Crippen MR) is 71.6 cm³/mol. The molecule has 0 radical (unpaired) electrons. The number of aryl methyl sites for hydroxylation is 1. The Kier molecular flexibility index (Phi) is 4.25. The van der Waals surface area contributed by atoms with E-state index in [1.807, 2.05) is 31.3 Å². The number of carbonyl (C=O) groups excluding carboxylic acids is 1. The van der Waals surface area contributed by atoms with Crippen LogP contribution in [0.1, 0.15) is 12.3 Å². The molecular formula is C13H16N4O2. The van der Waals surface area contributed by atoms with E-state index in [2.05, 4.69) is 20.8 Å². The van der Waals surface area contributed by atoms with Gasteiger partial charge in [-0.2, -0.15) is 0 Å². The van der Waals surface area contributed by atoms with Crippen molar-refractivity contribution in [3.8, 4) is 11.5 Å². The number of rotatable bonds is 5. The zero-order valence-electron chi connectivity index (χ0n) is 10.9. The van der Waals surface area contributed by atoms with Gasteiger partial charge < -0.3 is 15.1 Å². The van der Waals surface area contributed by atoms with Gasteiger partial charge in [0.1, 0.15) is 0 Å². The highest BCUT2D eigenvalue weighted by Gasteiger charge is 2.12. The van der Waals surface area contributed by atoms with Gasteiger partial charge in [0.25, 0.3) is 0 Å². The highest BCUT2D eigenvalue weighted by Crippen LogP contribution is 2.26. The molecule has 0 bridgehead atoms. The maximum absolute atomic E-state index is 11.7. The van der Waals surface area contributed by atoms with Gasteiger partial charge in [-0.25, -0.2) is 0 Å². The van der Waals surface area contributed by atoms with Crippen LogP contribution in [-0.2, 0) is 4.79 Å². The molecule has 19 heavy (non-hydrogen) atoms. The van der Waals surface area contributed by atoms with E-state index in [1.165, 1.54) is 0 Å². The lowest BCUT2D eigenvalue weighted by Crippen LogP contribution is -2.19. The topological polar surface area (TPSA) is 80.0 Å². The summed E-state index contributed by atoms with van der Waals surface area (Å²) >= 11 is 0. The monoisotopic (exact) mass is 260 g/mol. The molecule has 0 aliphatic heterocycles. The molecule has 100 valence electrons. The van der Waals surface area contributed by atoms with Gasteiger partial charge in [0.15, 0.2) is 0 Å². The molecule has 0 atom stereocenters. The molecule has 1 amide bonds. The standard InChI is InChI=1S/C13H16N4O2/c1-9-16-17-13(19-9)10-5-3-4-6-11(10)15-12(18)7-8-14-2/h3-6,14H,7-8H2,1-2H3,(H,15,18). The van der Waals surface area contributed by atoms with Gasteiger partial charge in [0.05, 0.1) is 11.3 Å². The highest BCUT2D eigenvalue weighted by atomic mass is 16.4. The first-order valence-electron chi connectivity index (χ1n) is 6.04. The Hall–Kier alpha value is -2.21. The van der Waals surface area contributed by atoms with Crippen LogP contribution in [0.3, 0.4) is 0 Å². The summed E-state index contributed by atoms with van der Waals surface area (Å²) in [5, 5.41) is 13.5. The number of para-hydroxylation sites is 1. The number of amides is 1. The van der Waals surface area contributed by atoms with Crippen molar-refractivity contribution in [3.63, 3.8) is 0 Å². The van der Waals surface area contributed by atoms with Crippen molar-refractivity contribution in [1.82, 2.24) is 15.5 Å². The van der Waals surface area contributed by atoms with Gasteiger partial charge in [-0.1, -0.05) is 12.1 Å². The van der Waals surface area contributed by atoms with E-state index < -0.39 is 0 Å². The number of aromatic nitrogens is 2. The van der Waals surface area contributed by atoms with E-state index in [0.717, 1.165) is 5.56 Å². The third-order valence-corrected chi connectivity index (χ3v) is 2.56. The van der Waals surface area contributed by atoms with Gasteiger partial charge in [0.2, 0.25) is 17.7 Å². The average Bonchev–Trinajstić information content (AvgIpc) is 2.83. The van der Waals surface area contributed by atoms with E-state index in [-0.39, 0.29) is 5.91 Å². The summed E-state index contributed by atoms with van der Waals surface area (Å²) in [6, 6.07) is 7.35. The first-order chi connectivity index (χ1) is 9.20. The molecule has 2 rings (SSSR count). The quantitative estimate of drug-likeness (QED) is 0.853. The fourth-order valence-corrected chi connectivity index (χ4v) is 1.64. The lowest BCUT2D eigenvalue weighted by Gasteiger charge is -2.08. The van der Waals surface area contributed by atoms with Crippen LogP contribution in [0, 0.1) is 6.92 Å². The number of nitrogens with one attached hydrogen (secondary N) is 2. The Balaban J connectivity index is 2.19. The molecule has 1 heterocycles. The maximum atomic E-state index is 11.7. The van der Waals surface area contributed by atoms with Crippen LogP contribution in [0.4, 0.5) is 5.69 Å². The molecule has 0 saturated heterocycles. The summed E-state index contributed by atoms with van der Waals surface area (Å²) in [6.07, 6.45) is 0.410. The Bertz CT molecular complexity index is 565. The summed E-state index contributed by atoms with van der Waals surface area (Å²) in [4.78, 5) is 11.7. The maximum Gasteiger partial charge on any atom is 0.249 e. The molecule has 0 fully saturated rings. The van der Waals surface area contributed by atoms with E-state index in [0.29, 0.717) is 30.4 Å². The van der Waals surface area contributed by atoms with Crippen LogP contribution >= 0.6 is 0 Å². The summed E-state index contributed by atoms with van der Waals surface area (Å²) < 4.78 is 5.39. The van der Waals surface area contributed by atoms with Gasteiger partial charge in [-0.05, 0) is 19.2 Å². The number of hydrogen-bond donors (Lipinski definition) is 2. The van der Waals surface area contributed by atoms with Crippen molar-refractivity contribution in [1.29, 1.82) is 0 Å². The van der Waals surface area contributed by atoms with Crippen molar-refractivity contribution in [3.05, 3.63) is 30.2 Å². The third-order valence-electron chi connectivity index (χ3n) is 2.56. The molecule has 6 nitrogen and oxygen atoms in total. The van der Waals surface area contributed by atoms with Crippen LogP contribution in [0.5, 0.6) is 0 Å². The van der Waals surface area contributed by atoms with E-state index in [4.69, 9.17) is 4.42 Å². The Morgan fingerprint density at radius 3 is 2.79 bits per heavy atom. The van der Waals surface area contributed by atoms with Gasteiger partial charge >= 0.3 is 0 Å². The Morgan fingerprint density at radius 2 is 2.11 bits per heavy atom. The first-order valence-corrected chi connectivity index (χ1v) is 6.04. The van der Waals surface area contributed by atoms with Crippen molar-refractivity contribution >= 4 is 11.6 Å². The average molecular weight is 260 g/mol. The fourth-order valence-electron chi connectivity index (χ4n) is 1.64. The molecule has 0 spiro atoms. The van der Waals surface area contributed by atoms with Crippen molar-refractivity contribution in [2.75, 3.05) is 18.9 Å². The molecular weight excluding hydrogens is 244 g/mol. The van der Waals surface area contributed by atoms with E-state index >= 15 is 0 Å². The van der Waals surface area contributed by atoms with Gasteiger partial charge in [-0.15, -0.1) is 10.2 Å². The predicted octanol–water partition coefficient (Wildman–Crippen LogP) is 1.59. The number of hydrogen-bond acceptors (Lipinski definition) is 5. The molecule has 2 aromatic rings. The molecule has 2 N–H and O–H groups in total.